The Morgan fingerprint density at radius 3 is 1.88 bits per heavy atom. The first-order valence-corrected chi connectivity index (χ1v) is 17.2. The lowest BCUT2D eigenvalue weighted by Gasteiger charge is -2.32. The van der Waals surface area contributed by atoms with E-state index in [0.717, 1.165) is 81.0 Å². The van der Waals surface area contributed by atoms with Crippen molar-refractivity contribution in [1.82, 2.24) is 20.8 Å². The molecule has 0 aromatic heterocycles. The van der Waals surface area contributed by atoms with Crippen LogP contribution in [-0.4, -0.2) is 77.3 Å². The average molecular weight is 694 g/mol. The largest absolute Gasteiger partial charge is 0.497 e. The number of halogens is 1. The Morgan fingerprint density at radius 2 is 1.32 bits per heavy atom. The predicted molar refractivity (Wildman–Crippen MR) is 186 cm³/mol. The van der Waals surface area contributed by atoms with Gasteiger partial charge in [-0.2, -0.15) is 0 Å². The van der Waals surface area contributed by atoms with Crippen LogP contribution in [0.25, 0.3) is 10.8 Å². The van der Waals surface area contributed by atoms with Crippen LogP contribution in [0.5, 0.6) is 5.75 Å². The molecule has 2 fully saturated rings. The first-order valence-electron chi connectivity index (χ1n) is 17.2. The van der Waals surface area contributed by atoms with Crippen molar-refractivity contribution in [3.63, 3.8) is 0 Å². The maximum absolute atomic E-state index is 13.1. The van der Waals surface area contributed by atoms with E-state index in [2.05, 4.69) is 5.32 Å². The monoisotopic (exact) mass is 693 g/mol. The molecule has 2 aliphatic rings. The Labute approximate surface area is 291 Å². The van der Waals surface area contributed by atoms with Crippen molar-refractivity contribution in [2.75, 3.05) is 38.6 Å². The summed E-state index contributed by atoms with van der Waals surface area (Å²) < 4.78 is 18.3. The predicted octanol–water partition coefficient (Wildman–Crippen LogP) is 6.12. The summed E-state index contributed by atoms with van der Waals surface area (Å²) in [5.74, 6) is 0.817. The minimum atomic E-state index is -0.381. The van der Waals surface area contributed by atoms with Crippen molar-refractivity contribution >= 4 is 40.2 Å². The number of hydroxylamine groups is 2. The van der Waals surface area contributed by atoms with Gasteiger partial charge in [0.2, 0.25) is 11.8 Å². The van der Waals surface area contributed by atoms with Gasteiger partial charge in [0, 0.05) is 50.3 Å². The normalized spacial score (nSPS) is 15.1. The van der Waals surface area contributed by atoms with Crippen molar-refractivity contribution in [2.45, 2.75) is 64.2 Å². The van der Waals surface area contributed by atoms with Gasteiger partial charge in [-0.1, -0.05) is 18.2 Å². The summed E-state index contributed by atoms with van der Waals surface area (Å²) >= 11 is 0. The number of hydrogen-bond donors (Lipinski definition) is 5. The van der Waals surface area contributed by atoms with Crippen LogP contribution in [0.2, 0.25) is 0 Å². The summed E-state index contributed by atoms with van der Waals surface area (Å²) in [7, 11) is 1.64. The van der Waals surface area contributed by atoms with Crippen LogP contribution in [-0.2, 0) is 9.59 Å². The molecule has 0 saturated carbocycles. The average Bonchev–Trinajstić information content (AvgIpc) is 3.14. The van der Waals surface area contributed by atoms with Crippen molar-refractivity contribution in [3.05, 3.63) is 72.0 Å². The van der Waals surface area contributed by atoms with Crippen LogP contribution < -0.4 is 21.0 Å². The lowest BCUT2D eigenvalue weighted by atomic mass is 9.91. The minimum absolute atomic E-state index is 0.0748. The van der Waals surface area contributed by atoms with Gasteiger partial charge in [0.05, 0.1) is 7.11 Å². The van der Waals surface area contributed by atoms with Crippen LogP contribution in [0.15, 0.2) is 60.7 Å². The zero-order chi connectivity index (χ0) is 35.9. The standard InChI is InChI=1S/C21H26N2O4.C16H22FN3O3/c1-27-19-8-7-16-13-18(6-5-17(16)14-19)21(25)23-11-9-15(10-12-23)3-2-4-20(24)22-26;17-13-4-2-5-14(11-13)18-16(22)20-9-7-12(8-10-20)3-1-6-15(21)19-23/h5-8,13-15,26H,2-4,9-12H2,1H3,(H,22,24);2,4-5,11-12,23H,1,3,6-10H2,(H,18,22)(H,19,21). The first kappa shape index (κ1) is 38.1. The third-order valence-corrected chi connectivity index (χ3v) is 9.46. The molecule has 270 valence electrons. The fourth-order valence-corrected chi connectivity index (χ4v) is 6.50. The van der Waals surface area contributed by atoms with Crippen LogP contribution in [0.4, 0.5) is 14.9 Å². The van der Waals surface area contributed by atoms with Gasteiger partial charge < -0.3 is 19.9 Å². The van der Waals surface area contributed by atoms with Crippen molar-refractivity contribution < 1.29 is 38.7 Å². The smallest absolute Gasteiger partial charge is 0.321 e. The molecule has 0 unspecified atom stereocenters. The molecule has 0 spiro atoms. The number of carbonyl (C=O) groups is 4. The molecule has 0 bridgehead atoms. The molecule has 0 radical (unpaired) electrons. The van der Waals surface area contributed by atoms with Gasteiger partial charge in [0.25, 0.3) is 5.91 Å². The Kier molecular flexibility index (Phi) is 14.8. The minimum Gasteiger partial charge on any atom is -0.497 e. The SMILES string of the molecule is COc1ccc2cc(C(=O)N3CCC(CCCC(=O)NO)CC3)ccc2c1.O=C(CCCC1CCN(C(=O)Nc2cccc(F)c2)CC1)NO. The number of methoxy groups -OCH3 is 1. The summed E-state index contributed by atoms with van der Waals surface area (Å²) in [5, 5.41) is 21.7. The van der Waals surface area contributed by atoms with Crippen LogP contribution in [0, 0.1) is 17.7 Å². The van der Waals surface area contributed by atoms with Crippen LogP contribution in [0.1, 0.15) is 74.6 Å². The van der Waals surface area contributed by atoms with E-state index in [9.17, 15) is 23.6 Å². The van der Waals surface area contributed by atoms with Gasteiger partial charge in [0.15, 0.2) is 0 Å². The molecule has 0 aliphatic carbocycles. The molecule has 2 saturated heterocycles. The third-order valence-electron chi connectivity index (χ3n) is 9.46. The van der Waals surface area contributed by atoms with Gasteiger partial charge in [-0.05, 0) is 116 Å². The fraction of sp³-hybridized carbons (Fsp3) is 0.459. The number of urea groups is 1. The van der Waals surface area contributed by atoms with Crippen LogP contribution in [0.3, 0.4) is 0 Å². The Balaban J connectivity index is 0.000000228. The molecule has 3 aromatic rings. The molecule has 3 aromatic carbocycles. The summed E-state index contributed by atoms with van der Waals surface area (Å²) in [5.41, 5.74) is 4.45. The van der Waals surface area contributed by atoms with E-state index in [1.54, 1.807) is 35.1 Å². The summed E-state index contributed by atoms with van der Waals surface area (Å²) in [6.45, 7) is 2.79. The van der Waals surface area contributed by atoms with E-state index in [-0.39, 0.29) is 29.6 Å². The molecule has 13 heteroatoms. The van der Waals surface area contributed by atoms with E-state index in [0.29, 0.717) is 49.0 Å². The lowest BCUT2D eigenvalue weighted by Crippen LogP contribution is -2.41. The van der Waals surface area contributed by atoms with Gasteiger partial charge >= 0.3 is 6.03 Å². The highest BCUT2D eigenvalue weighted by molar-refractivity contribution is 5.99. The summed E-state index contributed by atoms with van der Waals surface area (Å²) in [4.78, 5) is 50.6. The number of likely N-dealkylation sites (tertiary alicyclic amines) is 2. The number of nitrogens with zero attached hydrogens (tertiary/aromatic N) is 2. The van der Waals surface area contributed by atoms with Crippen molar-refractivity contribution in [1.29, 1.82) is 0 Å². The van der Waals surface area contributed by atoms with Gasteiger partial charge in [-0.15, -0.1) is 0 Å². The quantitative estimate of drug-likeness (QED) is 0.119. The summed E-state index contributed by atoms with van der Waals surface area (Å²) in [6.07, 6.45) is 7.70. The maximum atomic E-state index is 13.1. The number of ether oxygens (including phenoxy) is 1. The number of anilines is 1. The van der Waals surface area contributed by atoms with E-state index >= 15 is 0 Å². The maximum Gasteiger partial charge on any atom is 0.321 e. The summed E-state index contributed by atoms with van der Waals surface area (Å²) in [6, 6.07) is 17.2. The zero-order valence-corrected chi connectivity index (χ0v) is 28.5. The second-order valence-corrected chi connectivity index (χ2v) is 12.9. The lowest BCUT2D eigenvalue weighted by molar-refractivity contribution is -0.130. The number of carbonyl (C=O) groups excluding carboxylic acids is 4. The molecule has 5 N–H and O–H groups in total. The van der Waals surface area contributed by atoms with Gasteiger partial charge in [-0.3, -0.25) is 24.8 Å². The Morgan fingerprint density at radius 1 is 0.760 bits per heavy atom. The number of hydrogen-bond acceptors (Lipinski definition) is 7. The highest BCUT2D eigenvalue weighted by Gasteiger charge is 2.24. The van der Waals surface area contributed by atoms with E-state index in [1.165, 1.54) is 12.1 Å². The molecular formula is C37H48FN5O7. The number of amides is 5. The molecule has 12 nitrogen and oxygen atoms in total. The van der Waals surface area contributed by atoms with Crippen molar-refractivity contribution in [2.24, 2.45) is 11.8 Å². The number of fused-ring (bicyclic) bond motifs is 1. The Hall–Kier alpha value is -4.75. The van der Waals surface area contributed by atoms with Gasteiger partial charge in [-0.25, -0.2) is 20.1 Å². The zero-order valence-electron chi connectivity index (χ0n) is 28.5. The second kappa shape index (κ2) is 19.4. The van der Waals surface area contributed by atoms with Gasteiger partial charge in [0.1, 0.15) is 11.6 Å². The molecule has 2 heterocycles. The second-order valence-electron chi connectivity index (χ2n) is 12.9. The fourth-order valence-electron chi connectivity index (χ4n) is 6.50. The van der Waals surface area contributed by atoms with E-state index in [4.69, 9.17) is 15.2 Å². The number of benzene rings is 3. The number of piperidine rings is 2. The molecule has 2 aliphatic heterocycles. The topological polar surface area (TPSA) is 161 Å². The highest BCUT2D eigenvalue weighted by atomic mass is 19.1. The molecular weight excluding hydrogens is 645 g/mol. The van der Waals surface area contributed by atoms with Crippen LogP contribution >= 0.6 is 0 Å². The first-order chi connectivity index (χ1) is 24.2. The number of nitrogens with one attached hydrogen (secondary N) is 3. The molecule has 5 amide bonds. The molecule has 5 rings (SSSR count). The highest BCUT2D eigenvalue weighted by Crippen LogP contribution is 2.26. The molecule has 50 heavy (non-hydrogen) atoms. The molecule has 0 atom stereocenters. The number of rotatable bonds is 11. The third kappa shape index (κ3) is 11.7. The van der Waals surface area contributed by atoms with E-state index < -0.39 is 0 Å². The Bertz CT molecular complexity index is 1590. The van der Waals surface area contributed by atoms with Crippen molar-refractivity contribution in [3.8, 4) is 5.75 Å². The van der Waals surface area contributed by atoms with E-state index in [1.807, 2.05) is 41.3 Å².